The number of hydrogen-bond acceptors (Lipinski definition) is 2. The Kier molecular flexibility index (Phi) is 2.69. The van der Waals surface area contributed by atoms with Crippen molar-refractivity contribution < 1.29 is 0 Å². The van der Waals surface area contributed by atoms with Crippen molar-refractivity contribution >= 4 is 10.9 Å². The second-order valence-electron chi connectivity index (χ2n) is 3.99. The van der Waals surface area contributed by atoms with E-state index >= 15 is 0 Å². The summed E-state index contributed by atoms with van der Waals surface area (Å²) in [5.41, 5.74) is 4.76. The molecule has 0 bridgehead atoms. The Balaban J connectivity index is 2.60. The van der Waals surface area contributed by atoms with Crippen molar-refractivity contribution in [2.45, 2.75) is 20.4 Å². The third-order valence-corrected chi connectivity index (χ3v) is 2.54. The molecule has 1 N–H and O–H groups in total. The fourth-order valence-corrected chi connectivity index (χ4v) is 1.92. The SMILES string of the molecule is CNCc1ccc2cc(C)cc(C)c2n1. The molecule has 78 valence electrons. The van der Waals surface area contributed by atoms with E-state index in [4.69, 9.17) is 0 Å². The highest BCUT2D eigenvalue weighted by molar-refractivity contribution is 5.82. The number of pyridine rings is 1. The lowest BCUT2D eigenvalue weighted by Crippen LogP contribution is -2.06. The monoisotopic (exact) mass is 200 g/mol. The van der Waals surface area contributed by atoms with Gasteiger partial charge < -0.3 is 5.32 Å². The standard InChI is InChI=1S/C13H16N2/c1-9-6-10(2)13-11(7-9)4-5-12(15-13)8-14-3/h4-7,14H,8H2,1-3H3. The zero-order valence-electron chi connectivity index (χ0n) is 9.46. The summed E-state index contributed by atoms with van der Waals surface area (Å²) >= 11 is 0. The number of aryl methyl sites for hydroxylation is 2. The van der Waals surface area contributed by atoms with E-state index in [1.54, 1.807) is 0 Å². The molecule has 0 aliphatic heterocycles. The number of hydrogen-bond donors (Lipinski definition) is 1. The summed E-state index contributed by atoms with van der Waals surface area (Å²) in [5, 5.41) is 4.35. The Labute approximate surface area is 90.3 Å². The van der Waals surface area contributed by atoms with Gasteiger partial charge in [0, 0.05) is 11.9 Å². The van der Waals surface area contributed by atoms with Crippen LogP contribution in [0.4, 0.5) is 0 Å². The van der Waals surface area contributed by atoms with Gasteiger partial charge in [-0.05, 0) is 38.6 Å². The Morgan fingerprint density at radius 1 is 1.20 bits per heavy atom. The molecule has 0 saturated carbocycles. The first kappa shape index (κ1) is 10.1. The van der Waals surface area contributed by atoms with Crippen LogP contribution in [0.2, 0.25) is 0 Å². The van der Waals surface area contributed by atoms with Gasteiger partial charge in [0.2, 0.25) is 0 Å². The van der Waals surface area contributed by atoms with Crippen molar-refractivity contribution in [1.82, 2.24) is 10.3 Å². The molecular formula is C13H16N2. The largest absolute Gasteiger partial charge is 0.314 e. The molecule has 0 aliphatic carbocycles. The van der Waals surface area contributed by atoms with Crippen LogP contribution in [-0.2, 0) is 6.54 Å². The zero-order chi connectivity index (χ0) is 10.8. The second-order valence-corrected chi connectivity index (χ2v) is 3.99. The van der Waals surface area contributed by atoms with Crippen LogP contribution in [-0.4, -0.2) is 12.0 Å². The van der Waals surface area contributed by atoms with E-state index in [-0.39, 0.29) is 0 Å². The van der Waals surface area contributed by atoms with E-state index in [1.807, 2.05) is 7.05 Å². The van der Waals surface area contributed by atoms with Crippen molar-refractivity contribution in [2.75, 3.05) is 7.05 Å². The maximum absolute atomic E-state index is 4.64. The second kappa shape index (κ2) is 3.99. The highest BCUT2D eigenvalue weighted by Crippen LogP contribution is 2.18. The van der Waals surface area contributed by atoms with E-state index in [2.05, 4.69) is 48.4 Å². The third-order valence-electron chi connectivity index (χ3n) is 2.54. The topological polar surface area (TPSA) is 24.9 Å². The minimum absolute atomic E-state index is 0.823. The van der Waals surface area contributed by atoms with Gasteiger partial charge in [0.05, 0.1) is 11.2 Å². The number of benzene rings is 1. The summed E-state index contributed by atoms with van der Waals surface area (Å²) in [4.78, 5) is 4.64. The van der Waals surface area contributed by atoms with Crippen LogP contribution in [0.3, 0.4) is 0 Å². The van der Waals surface area contributed by atoms with E-state index < -0.39 is 0 Å². The number of fused-ring (bicyclic) bond motifs is 1. The van der Waals surface area contributed by atoms with Gasteiger partial charge in [-0.15, -0.1) is 0 Å². The van der Waals surface area contributed by atoms with Crippen LogP contribution in [0.5, 0.6) is 0 Å². The van der Waals surface area contributed by atoms with Crippen LogP contribution >= 0.6 is 0 Å². The summed E-state index contributed by atoms with van der Waals surface area (Å²) in [7, 11) is 1.94. The smallest absolute Gasteiger partial charge is 0.0735 e. The molecule has 2 nitrogen and oxygen atoms in total. The molecule has 1 aromatic carbocycles. The Morgan fingerprint density at radius 3 is 2.73 bits per heavy atom. The quantitative estimate of drug-likeness (QED) is 0.806. The molecule has 1 heterocycles. The van der Waals surface area contributed by atoms with Crippen LogP contribution in [0, 0.1) is 13.8 Å². The fourth-order valence-electron chi connectivity index (χ4n) is 1.92. The summed E-state index contributed by atoms with van der Waals surface area (Å²) in [5.74, 6) is 0. The van der Waals surface area contributed by atoms with Crippen molar-refractivity contribution in [2.24, 2.45) is 0 Å². The van der Waals surface area contributed by atoms with Crippen LogP contribution < -0.4 is 5.32 Å². The van der Waals surface area contributed by atoms with Gasteiger partial charge in [-0.25, -0.2) is 0 Å². The highest BCUT2D eigenvalue weighted by atomic mass is 14.8. The predicted molar refractivity (Wildman–Crippen MR) is 64.0 cm³/mol. The normalized spacial score (nSPS) is 10.9. The van der Waals surface area contributed by atoms with Gasteiger partial charge >= 0.3 is 0 Å². The summed E-state index contributed by atoms with van der Waals surface area (Å²) < 4.78 is 0. The van der Waals surface area contributed by atoms with Gasteiger partial charge in [0.15, 0.2) is 0 Å². The van der Waals surface area contributed by atoms with Crippen molar-refractivity contribution in [3.63, 3.8) is 0 Å². The highest BCUT2D eigenvalue weighted by Gasteiger charge is 2.01. The number of nitrogens with zero attached hydrogens (tertiary/aromatic N) is 1. The summed E-state index contributed by atoms with van der Waals surface area (Å²) in [6.45, 7) is 5.06. The molecule has 0 amide bonds. The first-order valence-electron chi connectivity index (χ1n) is 5.22. The lowest BCUT2D eigenvalue weighted by molar-refractivity contribution is 0.795. The molecule has 0 atom stereocenters. The van der Waals surface area contributed by atoms with E-state index in [9.17, 15) is 0 Å². The fraction of sp³-hybridized carbons (Fsp3) is 0.308. The predicted octanol–water partition coefficient (Wildman–Crippen LogP) is 2.57. The molecule has 0 radical (unpaired) electrons. The average Bonchev–Trinajstić information content (AvgIpc) is 2.19. The number of aromatic nitrogens is 1. The first-order valence-corrected chi connectivity index (χ1v) is 5.22. The number of rotatable bonds is 2. The van der Waals surface area contributed by atoms with Crippen LogP contribution in [0.25, 0.3) is 10.9 Å². The minimum atomic E-state index is 0.823. The molecule has 2 heteroatoms. The van der Waals surface area contributed by atoms with Crippen molar-refractivity contribution in [1.29, 1.82) is 0 Å². The zero-order valence-corrected chi connectivity index (χ0v) is 9.46. The molecule has 0 aliphatic rings. The van der Waals surface area contributed by atoms with Crippen molar-refractivity contribution in [3.8, 4) is 0 Å². The Bertz CT molecular complexity index is 489. The molecule has 0 unspecified atom stereocenters. The molecule has 15 heavy (non-hydrogen) atoms. The molecule has 0 spiro atoms. The molecule has 0 fully saturated rings. The first-order chi connectivity index (χ1) is 7.20. The van der Waals surface area contributed by atoms with E-state index in [0.717, 1.165) is 17.8 Å². The number of nitrogens with one attached hydrogen (secondary N) is 1. The van der Waals surface area contributed by atoms with Gasteiger partial charge in [0.25, 0.3) is 0 Å². The van der Waals surface area contributed by atoms with Crippen LogP contribution in [0.15, 0.2) is 24.3 Å². The Morgan fingerprint density at radius 2 is 2.00 bits per heavy atom. The summed E-state index contributed by atoms with van der Waals surface area (Å²) in [6, 6.07) is 8.59. The van der Waals surface area contributed by atoms with Gasteiger partial charge in [-0.2, -0.15) is 0 Å². The van der Waals surface area contributed by atoms with Gasteiger partial charge in [-0.1, -0.05) is 17.7 Å². The molecule has 2 rings (SSSR count). The molecular weight excluding hydrogens is 184 g/mol. The third kappa shape index (κ3) is 2.00. The van der Waals surface area contributed by atoms with E-state index in [1.165, 1.54) is 16.5 Å². The van der Waals surface area contributed by atoms with E-state index in [0.29, 0.717) is 0 Å². The lowest BCUT2D eigenvalue weighted by Gasteiger charge is -2.06. The minimum Gasteiger partial charge on any atom is -0.314 e. The van der Waals surface area contributed by atoms with Crippen molar-refractivity contribution in [3.05, 3.63) is 41.1 Å². The van der Waals surface area contributed by atoms with Crippen LogP contribution in [0.1, 0.15) is 16.8 Å². The Hall–Kier alpha value is -1.41. The maximum Gasteiger partial charge on any atom is 0.0735 e. The molecule has 2 aromatic rings. The van der Waals surface area contributed by atoms with Gasteiger partial charge in [-0.3, -0.25) is 4.98 Å². The summed E-state index contributed by atoms with van der Waals surface area (Å²) in [6.07, 6.45) is 0. The maximum atomic E-state index is 4.64. The molecule has 0 saturated heterocycles. The molecule has 1 aromatic heterocycles. The lowest BCUT2D eigenvalue weighted by atomic mass is 10.1. The average molecular weight is 200 g/mol. The van der Waals surface area contributed by atoms with Gasteiger partial charge in [0.1, 0.15) is 0 Å².